The molecule has 1 nitrogen and oxygen atoms in total. The molecule has 0 unspecified atom stereocenters. The molecule has 0 N–H and O–H groups in total. The zero-order valence-electron chi connectivity index (χ0n) is 9.39. The molecule has 18 heavy (non-hydrogen) atoms. The highest BCUT2D eigenvalue weighted by molar-refractivity contribution is 7.21. The number of rotatable bonds is 1. The van der Waals surface area contributed by atoms with Gasteiger partial charge in [0.05, 0.1) is 4.88 Å². The first-order chi connectivity index (χ1) is 8.77. The van der Waals surface area contributed by atoms with Gasteiger partial charge < -0.3 is 0 Å². The van der Waals surface area contributed by atoms with Crippen molar-refractivity contribution in [3.05, 3.63) is 70.6 Å². The molecule has 0 aliphatic carbocycles. The average Bonchev–Trinajstić information content (AvgIpc) is 2.44. The van der Waals surface area contributed by atoms with E-state index in [2.05, 4.69) is 0 Å². The first-order valence-electron chi connectivity index (χ1n) is 5.54. The van der Waals surface area contributed by atoms with Crippen molar-refractivity contribution in [1.29, 1.82) is 0 Å². The van der Waals surface area contributed by atoms with E-state index in [9.17, 15) is 9.18 Å². The minimum absolute atomic E-state index is 0.402. The van der Waals surface area contributed by atoms with Crippen molar-refractivity contribution in [2.75, 3.05) is 0 Å². The van der Waals surface area contributed by atoms with Crippen LogP contribution in [0.2, 0.25) is 0 Å². The van der Waals surface area contributed by atoms with Crippen molar-refractivity contribution in [2.24, 2.45) is 0 Å². The lowest BCUT2D eigenvalue weighted by atomic mass is 10.1. The van der Waals surface area contributed by atoms with Crippen LogP contribution in [0.15, 0.2) is 59.4 Å². The third-order valence-corrected chi connectivity index (χ3v) is 3.97. The first kappa shape index (κ1) is 11.1. The third-order valence-electron chi connectivity index (χ3n) is 2.78. The maximum absolute atomic E-state index is 14.1. The van der Waals surface area contributed by atoms with Crippen molar-refractivity contribution >= 4 is 21.4 Å². The summed E-state index contributed by atoms with van der Waals surface area (Å²) in [5.41, 5.74) is 0.214. The summed E-state index contributed by atoms with van der Waals surface area (Å²) in [6.07, 6.45) is 0. The van der Waals surface area contributed by atoms with E-state index in [1.54, 1.807) is 12.1 Å². The Morgan fingerprint density at radius 3 is 2.33 bits per heavy atom. The number of halogens is 1. The Hall–Kier alpha value is -2.00. The van der Waals surface area contributed by atoms with E-state index in [1.807, 2.05) is 42.5 Å². The van der Waals surface area contributed by atoms with E-state index in [-0.39, 0.29) is 0 Å². The number of benzene rings is 2. The van der Waals surface area contributed by atoms with Gasteiger partial charge in [-0.25, -0.2) is 4.39 Å². The van der Waals surface area contributed by atoms with Crippen LogP contribution in [-0.4, -0.2) is 0 Å². The summed E-state index contributed by atoms with van der Waals surface area (Å²) in [6.45, 7) is 0. The molecule has 3 heteroatoms. The second-order valence-electron chi connectivity index (χ2n) is 3.94. The number of hydrogen-bond donors (Lipinski definition) is 0. The van der Waals surface area contributed by atoms with Crippen molar-refractivity contribution in [2.45, 2.75) is 0 Å². The van der Waals surface area contributed by atoms with Gasteiger partial charge in [-0.05, 0) is 17.7 Å². The van der Waals surface area contributed by atoms with Gasteiger partial charge >= 0.3 is 0 Å². The van der Waals surface area contributed by atoms with Gasteiger partial charge in [0, 0.05) is 10.1 Å². The summed E-state index contributed by atoms with van der Waals surface area (Å²) < 4.78 is 14.9. The Labute approximate surface area is 107 Å². The molecule has 0 saturated carbocycles. The van der Waals surface area contributed by atoms with Crippen LogP contribution in [0.5, 0.6) is 0 Å². The van der Waals surface area contributed by atoms with Crippen molar-refractivity contribution in [3.63, 3.8) is 0 Å². The molecule has 0 saturated heterocycles. The summed E-state index contributed by atoms with van der Waals surface area (Å²) in [5, 5.41) is 0.444. The van der Waals surface area contributed by atoms with Crippen LogP contribution in [0, 0.1) is 5.82 Å². The molecule has 2 aromatic carbocycles. The largest absolute Gasteiger partial charge is 0.286 e. The van der Waals surface area contributed by atoms with E-state index in [1.165, 1.54) is 11.3 Å². The fourth-order valence-corrected chi connectivity index (χ4v) is 2.97. The fraction of sp³-hybridized carbons (Fsp3) is 0. The molecule has 0 spiro atoms. The van der Waals surface area contributed by atoms with Crippen LogP contribution < -0.4 is 5.43 Å². The molecule has 3 aromatic rings. The standard InChI is InChI=1S/C15H9FOS/c16-13-14(17)11-8-4-5-9-12(11)18-15(13)10-6-2-1-3-7-10/h1-9H. The van der Waals surface area contributed by atoms with Gasteiger partial charge in [-0.15, -0.1) is 11.3 Å². The van der Waals surface area contributed by atoms with Gasteiger partial charge in [-0.1, -0.05) is 42.5 Å². The number of fused-ring (bicyclic) bond motifs is 1. The molecular formula is C15H9FOS. The van der Waals surface area contributed by atoms with Gasteiger partial charge in [-0.3, -0.25) is 4.79 Å². The first-order valence-corrected chi connectivity index (χ1v) is 6.36. The minimum Gasteiger partial charge on any atom is -0.286 e. The summed E-state index contributed by atoms with van der Waals surface area (Å²) in [7, 11) is 0. The smallest absolute Gasteiger partial charge is 0.224 e. The predicted molar refractivity (Wildman–Crippen MR) is 73.5 cm³/mol. The number of hydrogen-bond acceptors (Lipinski definition) is 2. The zero-order chi connectivity index (χ0) is 12.5. The molecule has 0 amide bonds. The molecule has 0 aliphatic heterocycles. The molecule has 0 fully saturated rings. The molecule has 88 valence electrons. The highest BCUT2D eigenvalue weighted by Gasteiger charge is 2.13. The summed E-state index contributed by atoms with van der Waals surface area (Å²) in [6, 6.07) is 16.3. The molecular weight excluding hydrogens is 247 g/mol. The Bertz CT molecular complexity index is 762. The quantitative estimate of drug-likeness (QED) is 0.641. The summed E-state index contributed by atoms with van der Waals surface area (Å²) >= 11 is 1.31. The van der Waals surface area contributed by atoms with Crippen LogP contribution >= 0.6 is 11.3 Å². The van der Waals surface area contributed by atoms with Crippen molar-refractivity contribution < 1.29 is 4.39 Å². The predicted octanol–water partition coefficient (Wildman–Crippen LogP) is 4.07. The second-order valence-corrected chi connectivity index (χ2v) is 4.99. The van der Waals surface area contributed by atoms with E-state index < -0.39 is 11.2 Å². The monoisotopic (exact) mass is 256 g/mol. The van der Waals surface area contributed by atoms with Crippen LogP contribution in [0.3, 0.4) is 0 Å². The highest BCUT2D eigenvalue weighted by Crippen LogP contribution is 2.30. The maximum Gasteiger partial charge on any atom is 0.224 e. The molecule has 1 aromatic heterocycles. The Balaban J connectivity index is 2.38. The van der Waals surface area contributed by atoms with Crippen LogP contribution in [-0.2, 0) is 0 Å². The second kappa shape index (κ2) is 4.35. The summed E-state index contributed by atoms with van der Waals surface area (Å²) in [5.74, 6) is -0.662. The SMILES string of the molecule is O=c1c(F)c(-c2ccccc2)sc2ccccc12. The minimum atomic E-state index is -0.662. The molecule has 0 radical (unpaired) electrons. The normalized spacial score (nSPS) is 10.7. The topological polar surface area (TPSA) is 17.1 Å². The molecule has 0 aliphatic rings. The van der Waals surface area contributed by atoms with Gasteiger partial charge in [0.2, 0.25) is 5.43 Å². The maximum atomic E-state index is 14.1. The van der Waals surface area contributed by atoms with Gasteiger partial charge in [0.25, 0.3) is 0 Å². The van der Waals surface area contributed by atoms with Gasteiger partial charge in [0.15, 0.2) is 5.82 Å². The molecule has 0 atom stereocenters. The zero-order valence-corrected chi connectivity index (χ0v) is 10.2. The van der Waals surface area contributed by atoms with Crippen LogP contribution in [0.1, 0.15) is 0 Å². The lowest BCUT2D eigenvalue weighted by Gasteiger charge is -2.04. The molecule has 3 rings (SSSR count). The van der Waals surface area contributed by atoms with Crippen molar-refractivity contribution in [1.82, 2.24) is 0 Å². The van der Waals surface area contributed by atoms with Crippen LogP contribution in [0.4, 0.5) is 4.39 Å². The average molecular weight is 256 g/mol. The van der Waals surface area contributed by atoms with E-state index in [0.29, 0.717) is 10.3 Å². The van der Waals surface area contributed by atoms with E-state index in [4.69, 9.17) is 0 Å². The Morgan fingerprint density at radius 1 is 0.889 bits per heavy atom. The Morgan fingerprint density at radius 2 is 1.56 bits per heavy atom. The van der Waals surface area contributed by atoms with Crippen LogP contribution in [0.25, 0.3) is 20.5 Å². The summed E-state index contributed by atoms with van der Waals surface area (Å²) in [4.78, 5) is 12.4. The van der Waals surface area contributed by atoms with Gasteiger partial charge in [0.1, 0.15) is 0 Å². The Kier molecular flexibility index (Phi) is 2.68. The van der Waals surface area contributed by atoms with Crippen molar-refractivity contribution in [3.8, 4) is 10.4 Å². The highest BCUT2D eigenvalue weighted by atomic mass is 32.1. The lowest BCUT2D eigenvalue weighted by molar-refractivity contribution is 0.626. The van der Waals surface area contributed by atoms with E-state index in [0.717, 1.165) is 10.3 Å². The lowest BCUT2D eigenvalue weighted by Crippen LogP contribution is -2.06. The van der Waals surface area contributed by atoms with E-state index >= 15 is 0 Å². The fourth-order valence-electron chi connectivity index (χ4n) is 1.89. The molecule has 0 bridgehead atoms. The third kappa shape index (κ3) is 1.73. The van der Waals surface area contributed by atoms with Gasteiger partial charge in [-0.2, -0.15) is 0 Å². The molecule has 1 heterocycles.